The first kappa shape index (κ1) is 33.1. The van der Waals surface area contributed by atoms with E-state index in [2.05, 4.69) is 20.9 Å². The zero-order valence-electron chi connectivity index (χ0n) is 15.3. The maximum absolute atomic E-state index is 5.44. The highest BCUT2D eigenvalue weighted by molar-refractivity contribution is 5.86. The molecule has 0 aliphatic carbocycles. The molecule has 0 atom stereocenters. The third-order valence-corrected chi connectivity index (χ3v) is 3.75. The van der Waals surface area contributed by atoms with Crippen molar-refractivity contribution < 1.29 is 0 Å². The Morgan fingerprint density at radius 2 is 1.32 bits per heavy atom. The van der Waals surface area contributed by atoms with E-state index in [9.17, 15) is 0 Å². The van der Waals surface area contributed by atoms with Gasteiger partial charge in [0.2, 0.25) is 0 Å². The van der Waals surface area contributed by atoms with Crippen LogP contribution < -0.4 is 21.7 Å². The molecular formula is C16H39Cl4N5. The molecule has 0 unspecified atom stereocenters. The zero-order chi connectivity index (χ0) is 15.0. The minimum absolute atomic E-state index is 0. The number of aliphatic imine (C=N–C) groups is 1. The van der Waals surface area contributed by atoms with Gasteiger partial charge in [0.05, 0.1) is 5.84 Å². The Kier molecular flexibility index (Phi) is 35.4. The molecule has 0 aromatic carbocycles. The molecule has 0 aromatic rings. The molecule has 0 amide bonds. The molecule has 1 heterocycles. The highest BCUT2D eigenvalue weighted by atomic mass is 35.5. The molecule has 5 nitrogen and oxygen atoms in total. The molecule has 1 aliphatic heterocycles. The zero-order valence-corrected chi connectivity index (χ0v) is 18.5. The van der Waals surface area contributed by atoms with Crippen LogP contribution in [0.2, 0.25) is 0 Å². The standard InChI is InChI=1S/C16H35N5.4ClH/c17-9-6-12-18-10-4-5-11-19-13-7-15-21-16-8-2-1-3-14-20-16;;;;/h18-19H,1-15,17H2,(H,20,21);4*1H. The summed E-state index contributed by atoms with van der Waals surface area (Å²) in [6, 6.07) is 0. The van der Waals surface area contributed by atoms with E-state index < -0.39 is 0 Å². The summed E-state index contributed by atoms with van der Waals surface area (Å²) < 4.78 is 0. The first-order valence-electron chi connectivity index (χ1n) is 8.82. The molecule has 25 heavy (non-hydrogen) atoms. The molecule has 1 aliphatic rings. The van der Waals surface area contributed by atoms with Crippen molar-refractivity contribution in [3.63, 3.8) is 0 Å². The van der Waals surface area contributed by atoms with E-state index in [1.165, 1.54) is 44.4 Å². The number of hydrogen-bond donors (Lipinski definition) is 4. The third kappa shape index (κ3) is 22.5. The smallest absolute Gasteiger partial charge is 0.0963 e. The van der Waals surface area contributed by atoms with Crippen LogP contribution in [0.5, 0.6) is 0 Å². The Hall–Kier alpha value is 0.510. The van der Waals surface area contributed by atoms with E-state index in [4.69, 9.17) is 5.73 Å². The van der Waals surface area contributed by atoms with E-state index >= 15 is 0 Å². The topological polar surface area (TPSA) is 74.5 Å². The highest BCUT2D eigenvalue weighted by Gasteiger charge is 2.02. The number of nitrogens with zero attached hydrogens (tertiary/aromatic N) is 1. The predicted octanol–water partition coefficient (Wildman–Crippen LogP) is 2.93. The summed E-state index contributed by atoms with van der Waals surface area (Å²) in [7, 11) is 0. The SMILES string of the molecule is Cl.Cl.Cl.Cl.NCCCNCCCCNCCCNC1=NCCCCC1. The molecule has 0 radical (unpaired) electrons. The van der Waals surface area contributed by atoms with Crippen molar-refractivity contribution in [2.24, 2.45) is 10.7 Å². The fourth-order valence-electron chi connectivity index (χ4n) is 2.44. The fraction of sp³-hybridized carbons (Fsp3) is 0.938. The molecular weight excluding hydrogens is 404 g/mol. The number of unbranched alkanes of at least 4 members (excludes halogenated alkanes) is 1. The minimum atomic E-state index is 0. The van der Waals surface area contributed by atoms with Gasteiger partial charge in [0, 0.05) is 19.5 Å². The second kappa shape index (κ2) is 26.7. The monoisotopic (exact) mass is 441 g/mol. The number of nitrogens with two attached hydrogens (primary N) is 1. The van der Waals surface area contributed by atoms with Crippen LogP contribution in [0.15, 0.2) is 4.99 Å². The number of nitrogens with one attached hydrogen (secondary N) is 3. The van der Waals surface area contributed by atoms with Crippen LogP contribution in [0, 0.1) is 0 Å². The molecule has 9 heteroatoms. The van der Waals surface area contributed by atoms with Gasteiger partial charge in [-0.15, -0.1) is 49.6 Å². The van der Waals surface area contributed by atoms with Gasteiger partial charge < -0.3 is 21.7 Å². The van der Waals surface area contributed by atoms with Crippen LogP contribution in [-0.2, 0) is 0 Å². The van der Waals surface area contributed by atoms with Crippen molar-refractivity contribution in [2.45, 2.75) is 51.4 Å². The molecule has 0 bridgehead atoms. The van der Waals surface area contributed by atoms with Gasteiger partial charge in [-0.3, -0.25) is 4.99 Å². The number of rotatable bonds is 12. The Morgan fingerprint density at radius 1 is 0.720 bits per heavy atom. The summed E-state index contributed by atoms with van der Waals surface area (Å²) in [5.74, 6) is 1.23. The molecule has 0 fully saturated rings. The van der Waals surface area contributed by atoms with Crippen LogP contribution in [0.25, 0.3) is 0 Å². The van der Waals surface area contributed by atoms with Gasteiger partial charge in [0.15, 0.2) is 0 Å². The maximum atomic E-state index is 5.44. The van der Waals surface area contributed by atoms with Crippen LogP contribution in [0.3, 0.4) is 0 Å². The van der Waals surface area contributed by atoms with Crippen molar-refractivity contribution in [1.29, 1.82) is 0 Å². The van der Waals surface area contributed by atoms with Gasteiger partial charge in [0.1, 0.15) is 0 Å². The van der Waals surface area contributed by atoms with Crippen molar-refractivity contribution in [1.82, 2.24) is 16.0 Å². The van der Waals surface area contributed by atoms with Gasteiger partial charge in [-0.05, 0) is 71.2 Å². The third-order valence-electron chi connectivity index (χ3n) is 3.75. The maximum Gasteiger partial charge on any atom is 0.0963 e. The average Bonchev–Trinajstić information content (AvgIpc) is 2.77. The second-order valence-corrected chi connectivity index (χ2v) is 5.77. The Morgan fingerprint density at radius 3 is 1.96 bits per heavy atom. The first-order valence-corrected chi connectivity index (χ1v) is 8.82. The molecule has 1 rings (SSSR count). The Labute approximate surface area is 179 Å². The minimum Gasteiger partial charge on any atom is -0.374 e. The fourth-order valence-corrected chi connectivity index (χ4v) is 2.44. The Balaban J connectivity index is -0.000000551. The molecule has 156 valence electrons. The van der Waals surface area contributed by atoms with Crippen LogP contribution in [0.4, 0.5) is 0 Å². The lowest BCUT2D eigenvalue weighted by Crippen LogP contribution is -2.27. The van der Waals surface area contributed by atoms with Gasteiger partial charge >= 0.3 is 0 Å². The van der Waals surface area contributed by atoms with Crippen LogP contribution >= 0.6 is 49.6 Å². The van der Waals surface area contributed by atoms with Crippen molar-refractivity contribution in [2.75, 3.05) is 45.8 Å². The van der Waals surface area contributed by atoms with E-state index in [0.717, 1.165) is 58.7 Å². The van der Waals surface area contributed by atoms with E-state index in [1.807, 2.05) is 0 Å². The van der Waals surface area contributed by atoms with Gasteiger partial charge in [-0.1, -0.05) is 6.42 Å². The number of amidine groups is 1. The van der Waals surface area contributed by atoms with Gasteiger partial charge in [-0.25, -0.2) is 0 Å². The van der Waals surface area contributed by atoms with E-state index in [0.29, 0.717) is 0 Å². The molecule has 5 N–H and O–H groups in total. The summed E-state index contributed by atoms with van der Waals surface area (Å²) >= 11 is 0. The number of hydrogen-bond acceptors (Lipinski definition) is 5. The summed E-state index contributed by atoms with van der Waals surface area (Å²) in [6.07, 6.45) is 9.77. The summed E-state index contributed by atoms with van der Waals surface area (Å²) in [4.78, 5) is 4.58. The highest BCUT2D eigenvalue weighted by Crippen LogP contribution is 2.05. The predicted molar refractivity (Wildman–Crippen MR) is 121 cm³/mol. The Bertz CT molecular complexity index is 271. The first-order chi connectivity index (χ1) is 10.4. The van der Waals surface area contributed by atoms with E-state index in [1.54, 1.807) is 0 Å². The molecule has 0 saturated heterocycles. The van der Waals surface area contributed by atoms with Crippen LogP contribution in [0.1, 0.15) is 51.4 Å². The second-order valence-electron chi connectivity index (χ2n) is 5.77. The molecule has 0 spiro atoms. The summed E-state index contributed by atoms with van der Waals surface area (Å²) in [5.41, 5.74) is 5.44. The van der Waals surface area contributed by atoms with Gasteiger partial charge in [0.25, 0.3) is 0 Å². The van der Waals surface area contributed by atoms with E-state index in [-0.39, 0.29) is 49.6 Å². The normalized spacial score (nSPS) is 13.1. The summed E-state index contributed by atoms with van der Waals surface area (Å²) in [5, 5.41) is 10.4. The van der Waals surface area contributed by atoms with Crippen molar-refractivity contribution in [3.05, 3.63) is 0 Å². The van der Waals surface area contributed by atoms with Crippen molar-refractivity contribution >= 4 is 55.5 Å². The van der Waals surface area contributed by atoms with Crippen molar-refractivity contribution in [3.8, 4) is 0 Å². The average molecular weight is 443 g/mol. The largest absolute Gasteiger partial charge is 0.374 e. The van der Waals surface area contributed by atoms with Crippen LogP contribution in [-0.4, -0.2) is 51.6 Å². The molecule has 0 aromatic heterocycles. The molecule has 0 saturated carbocycles. The lowest BCUT2D eigenvalue weighted by atomic mass is 10.2. The summed E-state index contributed by atoms with van der Waals surface area (Å²) in [6.45, 7) is 7.24. The lowest BCUT2D eigenvalue weighted by Gasteiger charge is -2.09. The quantitative estimate of drug-likeness (QED) is 0.350. The van der Waals surface area contributed by atoms with Gasteiger partial charge in [-0.2, -0.15) is 0 Å². The lowest BCUT2D eigenvalue weighted by molar-refractivity contribution is 0.567. The number of halogens is 4.